The van der Waals surface area contributed by atoms with E-state index in [0.29, 0.717) is 0 Å². The van der Waals surface area contributed by atoms with Crippen LogP contribution in [-0.2, 0) is 10.0 Å². The number of benzene rings is 2. The van der Waals surface area contributed by atoms with Gasteiger partial charge in [-0.05, 0) is 30.3 Å². The van der Waals surface area contributed by atoms with Gasteiger partial charge in [-0.3, -0.25) is 14.8 Å². The molecule has 0 aliphatic heterocycles. The zero-order valence-corrected chi connectivity index (χ0v) is 13.9. The van der Waals surface area contributed by atoms with Gasteiger partial charge in [0.25, 0.3) is 22.1 Å². The fraction of sp³-hybridized carbons (Fsp3) is 0.143. The zero-order valence-electron chi connectivity index (χ0n) is 12.4. The van der Waals surface area contributed by atoms with Crippen LogP contribution in [0.2, 0.25) is 5.02 Å². The predicted molar refractivity (Wildman–Crippen MR) is 86.9 cm³/mol. The van der Waals surface area contributed by atoms with Gasteiger partial charge >= 0.3 is 0 Å². The van der Waals surface area contributed by atoms with E-state index in [-0.39, 0.29) is 27.0 Å². The summed E-state index contributed by atoms with van der Waals surface area (Å²) in [5.41, 5.74) is -0.494. The largest absolute Gasteiger partial charge is 0.488 e. The smallest absolute Gasteiger partial charge is 0.272 e. The number of anilines is 1. The van der Waals surface area contributed by atoms with Crippen molar-refractivity contribution in [1.82, 2.24) is 0 Å². The maximum atomic E-state index is 12.3. The van der Waals surface area contributed by atoms with E-state index in [0.717, 1.165) is 24.3 Å². The minimum absolute atomic E-state index is 0.0222. The molecule has 0 spiro atoms. The molecule has 0 saturated heterocycles. The summed E-state index contributed by atoms with van der Waals surface area (Å²) in [7, 11) is -4.09. The van der Waals surface area contributed by atoms with Gasteiger partial charge in [0.05, 0.1) is 20.5 Å². The lowest BCUT2D eigenvalue weighted by Crippen LogP contribution is -2.13. The number of ether oxygens (including phenoxy) is 1. The highest BCUT2D eigenvalue weighted by Crippen LogP contribution is 2.29. The van der Waals surface area contributed by atoms with Crippen LogP contribution in [0.1, 0.15) is 0 Å². The van der Waals surface area contributed by atoms with Gasteiger partial charge in [-0.15, -0.1) is 0 Å². The average Bonchev–Trinajstić information content (AvgIpc) is 2.55. The first-order valence-electron chi connectivity index (χ1n) is 6.67. The second-order valence-corrected chi connectivity index (χ2v) is 6.79. The van der Waals surface area contributed by atoms with Gasteiger partial charge in [0.2, 0.25) is 0 Å². The minimum Gasteiger partial charge on any atom is -0.488 e. The standard InChI is InChI=1S/C14H11ClF2N2O5S/c15-12-6-1-9(19(20)21)7-13(12)18-25(22,23)11-4-2-10(3-5-11)24-8-14(16)17/h1-7,14,18H,8H2. The molecule has 2 aromatic carbocycles. The maximum absolute atomic E-state index is 12.3. The summed E-state index contributed by atoms with van der Waals surface area (Å²) in [6, 6.07) is 8.04. The van der Waals surface area contributed by atoms with Crippen LogP contribution in [-0.4, -0.2) is 26.4 Å². The van der Waals surface area contributed by atoms with E-state index in [1.54, 1.807) is 0 Å². The monoisotopic (exact) mass is 392 g/mol. The van der Waals surface area contributed by atoms with E-state index >= 15 is 0 Å². The van der Waals surface area contributed by atoms with E-state index in [2.05, 4.69) is 4.72 Å². The summed E-state index contributed by atoms with van der Waals surface area (Å²) < 4.78 is 55.7. The summed E-state index contributed by atoms with van der Waals surface area (Å²) in [6.45, 7) is -0.812. The van der Waals surface area contributed by atoms with Gasteiger partial charge in [0, 0.05) is 12.1 Å². The number of alkyl halides is 2. The molecule has 0 bridgehead atoms. The zero-order chi connectivity index (χ0) is 18.6. The summed E-state index contributed by atoms with van der Waals surface area (Å²) in [4.78, 5) is 9.88. The molecular weight excluding hydrogens is 382 g/mol. The van der Waals surface area contributed by atoms with Crippen molar-refractivity contribution in [3.63, 3.8) is 0 Å². The molecule has 0 radical (unpaired) electrons. The molecule has 0 fully saturated rings. The number of hydrogen-bond donors (Lipinski definition) is 1. The van der Waals surface area contributed by atoms with Gasteiger partial charge < -0.3 is 4.74 Å². The molecular formula is C14H11ClF2N2O5S. The third-order valence-electron chi connectivity index (χ3n) is 2.92. The summed E-state index contributed by atoms with van der Waals surface area (Å²) in [5.74, 6) is 0.0765. The number of halogens is 3. The molecule has 7 nitrogen and oxygen atoms in total. The normalized spacial score (nSPS) is 11.4. The molecule has 0 atom stereocenters. The number of nitrogens with one attached hydrogen (secondary N) is 1. The van der Waals surface area contributed by atoms with Crippen molar-refractivity contribution in [3.8, 4) is 5.75 Å². The molecule has 0 unspecified atom stereocenters. The quantitative estimate of drug-likeness (QED) is 0.572. The average molecular weight is 393 g/mol. The van der Waals surface area contributed by atoms with Gasteiger partial charge in [-0.25, -0.2) is 17.2 Å². The number of nitro benzene ring substituents is 1. The lowest BCUT2D eigenvalue weighted by molar-refractivity contribution is -0.384. The summed E-state index contributed by atoms with van der Waals surface area (Å²) >= 11 is 5.85. The molecule has 2 aromatic rings. The van der Waals surface area contributed by atoms with Crippen LogP contribution < -0.4 is 9.46 Å². The highest BCUT2D eigenvalue weighted by atomic mass is 35.5. The highest BCUT2D eigenvalue weighted by molar-refractivity contribution is 7.92. The van der Waals surface area contributed by atoms with Crippen LogP contribution >= 0.6 is 11.6 Å². The van der Waals surface area contributed by atoms with Crippen molar-refractivity contribution in [3.05, 3.63) is 57.6 Å². The van der Waals surface area contributed by atoms with Gasteiger partial charge in [-0.2, -0.15) is 0 Å². The maximum Gasteiger partial charge on any atom is 0.272 e. The van der Waals surface area contributed by atoms with Crippen LogP contribution in [0.3, 0.4) is 0 Å². The molecule has 0 saturated carbocycles. The van der Waals surface area contributed by atoms with E-state index in [1.807, 2.05) is 0 Å². The molecule has 0 aromatic heterocycles. The SMILES string of the molecule is O=[N+]([O-])c1ccc(Cl)c(NS(=O)(=O)c2ccc(OCC(F)F)cc2)c1. The number of hydrogen-bond acceptors (Lipinski definition) is 5. The first-order valence-corrected chi connectivity index (χ1v) is 8.53. The lowest BCUT2D eigenvalue weighted by Gasteiger charge is -2.10. The van der Waals surface area contributed by atoms with Gasteiger partial charge in [0.15, 0.2) is 0 Å². The Morgan fingerprint density at radius 1 is 1.20 bits per heavy atom. The Morgan fingerprint density at radius 2 is 1.84 bits per heavy atom. The second kappa shape index (κ2) is 7.62. The first-order chi connectivity index (χ1) is 11.7. The Balaban J connectivity index is 2.22. The van der Waals surface area contributed by atoms with E-state index in [9.17, 15) is 27.3 Å². The van der Waals surface area contributed by atoms with Crippen molar-refractivity contribution in [2.75, 3.05) is 11.3 Å². The molecule has 0 aliphatic carbocycles. The van der Waals surface area contributed by atoms with Crippen LogP contribution in [0.25, 0.3) is 0 Å². The summed E-state index contributed by atoms with van der Waals surface area (Å²) in [5, 5.41) is 10.7. The summed E-state index contributed by atoms with van der Waals surface area (Å²) in [6.07, 6.45) is -2.65. The fourth-order valence-corrected chi connectivity index (χ4v) is 3.07. The Morgan fingerprint density at radius 3 is 2.40 bits per heavy atom. The number of nitro groups is 1. The van der Waals surface area contributed by atoms with E-state index < -0.39 is 28.0 Å². The molecule has 11 heteroatoms. The van der Waals surface area contributed by atoms with E-state index in [1.165, 1.54) is 18.2 Å². The second-order valence-electron chi connectivity index (χ2n) is 4.70. The molecule has 134 valence electrons. The van der Waals surface area contributed by atoms with Crippen LogP contribution in [0.15, 0.2) is 47.4 Å². The third kappa shape index (κ3) is 5.00. The minimum atomic E-state index is -4.09. The Kier molecular flexibility index (Phi) is 5.75. The Bertz CT molecular complexity index is 875. The van der Waals surface area contributed by atoms with Crippen LogP contribution in [0.4, 0.5) is 20.2 Å². The number of rotatable bonds is 7. The molecule has 0 aliphatic rings. The Hall–Kier alpha value is -2.46. The lowest BCUT2D eigenvalue weighted by atomic mass is 10.3. The third-order valence-corrected chi connectivity index (χ3v) is 4.63. The number of sulfonamides is 1. The van der Waals surface area contributed by atoms with Crippen molar-refractivity contribution < 1.29 is 26.9 Å². The first kappa shape index (κ1) is 18.9. The van der Waals surface area contributed by atoms with Crippen LogP contribution in [0.5, 0.6) is 5.75 Å². The molecule has 1 N–H and O–H groups in total. The fourth-order valence-electron chi connectivity index (χ4n) is 1.78. The molecule has 0 heterocycles. The molecule has 25 heavy (non-hydrogen) atoms. The van der Waals surface area contributed by atoms with Crippen molar-refractivity contribution >= 4 is 33.0 Å². The van der Waals surface area contributed by atoms with E-state index in [4.69, 9.17) is 16.3 Å². The van der Waals surface area contributed by atoms with Crippen LogP contribution in [0, 0.1) is 10.1 Å². The van der Waals surface area contributed by atoms with Crippen molar-refractivity contribution in [1.29, 1.82) is 0 Å². The number of nitrogens with zero attached hydrogens (tertiary/aromatic N) is 1. The van der Waals surface area contributed by atoms with Gasteiger partial charge in [-0.1, -0.05) is 11.6 Å². The predicted octanol–water partition coefficient (Wildman–Crippen LogP) is 3.69. The van der Waals surface area contributed by atoms with Crippen molar-refractivity contribution in [2.45, 2.75) is 11.3 Å². The Labute approximate surface area is 146 Å². The van der Waals surface area contributed by atoms with Gasteiger partial charge in [0.1, 0.15) is 12.4 Å². The highest BCUT2D eigenvalue weighted by Gasteiger charge is 2.18. The topological polar surface area (TPSA) is 98.5 Å². The molecule has 2 rings (SSSR count). The van der Waals surface area contributed by atoms with Crippen molar-refractivity contribution in [2.24, 2.45) is 0 Å². The number of non-ortho nitro benzene ring substituents is 1. The molecule has 0 amide bonds.